The van der Waals surface area contributed by atoms with Gasteiger partial charge in [-0.1, -0.05) is 27.3 Å². The molecule has 0 fully saturated rings. The lowest BCUT2D eigenvalue weighted by Gasteiger charge is -2.12. The van der Waals surface area contributed by atoms with E-state index in [1.807, 2.05) is 25.1 Å². The smallest absolute Gasteiger partial charge is 0.262 e. The van der Waals surface area contributed by atoms with Gasteiger partial charge in [0.1, 0.15) is 17.0 Å². The first-order valence-corrected chi connectivity index (χ1v) is 10.1. The number of thiazole rings is 1. The summed E-state index contributed by atoms with van der Waals surface area (Å²) >= 11 is 8.23. The molecule has 10 heteroatoms. The molecule has 2 aromatic carbocycles. The Balaban J connectivity index is 1.74. The number of methoxy groups -OCH3 is 1. The lowest BCUT2D eigenvalue weighted by molar-refractivity contribution is -0.118. The topological polar surface area (TPSA) is 98.5 Å². The molecular weight excluding hydrogens is 500 g/mol. The van der Waals surface area contributed by atoms with E-state index in [1.165, 1.54) is 11.3 Å². The normalized spacial score (nSPS) is 10.7. The average molecular weight is 516 g/mol. The number of nitrogen functional groups attached to an aromatic ring is 1. The van der Waals surface area contributed by atoms with E-state index in [0.29, 0.717) is 27.8 Å². The average Bonchev–Trinajstić information content (AvgIpc) is 3.03. The first kappa shape index (κ1) is 19.9. The van der Waals surface area contributed by atoms with Crippen LogP contribution in [0.3, 0.4) is 0 Å². The van der Waals surface area contributed by atoms with Crippen molar-refractivity contribution in [3.05, 3.63) is 38.8 Å². The fraction of sp³-hybridized carbons (Fsp3) is 0.176. The largest absolute Gasteiger partial charge is 0.494 e. The predicted molar refractivity (Wildman–Crippen MR) is 115 cm³/mol. The van der Waals surface area contributed by atoms with Crippen molar-refractivity contribution in [2.45, 2.75) is 6.92 Å². The molecule has 1 heterocycles. The van der Waals surface area contributed by atoms with Crippen LogP contribution in [0.4, 0.5) is 10.8 Å². The van der Waals surface area contributed by atoms with Crippen molar-refractivity contribution in [2.24, 2.45) is 5.84 Å². The quantitative estimate of drug-likeness (QED) is 0.331. The van der Waals surface area contributed by atoms with Crippen LogP contribution in [-0.4, -0.2) is 24.6 Å². The summed E-state index contributed by atoms with van der Waals surface area (Å²) < 4.78 is 13.6. The van der Waals surface area contributed by atoms with Gasteiger partial charge in [-0.15, -0.1) is 0 Å². The molecule has 0 saturated carbocycles. The van der Waals surface area contributed by atoms with Gasteiger partial charge in [-0.3, -0.25) is 10.2 Å². The predicted octanol–water partition coefficient (Wildman–Crippen LogP) is 4.44. The van der Waals surface area contributed by atoms with E-state index in [9.17, 15) is 4.79 Å². The molecule has 0 aliphatic heterocycles. The number of halogens is 2. The highest BCUT2D eigenvalue weighted by molar-refractivity contribution is 9.11. The Bertz CT molecular complexity index is 986. The number of benzene rings is 2. The molecule has 7 nitrogen and oxygen atoms in total. The maximum atomic E-state index is 12.3. The van der Waals surface area contributed by atoms with Crippen molar-refractivity contribution < 1.29 is 14.3 Å². The number of fused-ring (bicyclic) bond motifs is 1. The van der Waals surface area contributed by atoms with Crippen molar-refractivity contribution in [2.75, 3.05) is 24.5 Å². The number of rotatable bonds is 6. The van der Waals surface area contributed by atoms with E-state index in [4.69, 9.17) is 15.3 Å². The Morgan fingerprint density at radius 3 is 2.74 bits per heavy atom. The molecule has 3 aromatic rings. The number of hydrazine groups is 1. The Kier molecular flexibility index (Phi) is 6.20. The zero-order chi connectivity index (χ0) is 19.6. The van der Waals surface area contributed by atoms with E-state index >= 15 is 0 Å². The van der Waals surface area contributed by atoms with Gasteiger partial charge in [0.2, 0.25) is 0 Å². The van der Waals surface area contributed by atoms with Gasteiger partial charge in [0.05, 0.1) is 16.3 Å². The third-order valence-corrected chi connectivity index (χ3v) is 5.61. The minimum Gasteiger partial charge on any atom is -0.494 e. The fourth-order valence-corrected chi connectivity index (χ4v) is 4.88. The fourth-order valence-electron chi connectivity index (χ4n) is 2.49. The van der Waals surface area contributed by atoms with Crippen molar-refractivity contribution >= 4 is 70.1 Å². The summed E-state index contributed by atoms with van der Waals surface area (Å²) in [4.78, 5) is 16.7. The van der Waals surface area contributed by atoms with Gasteiger partial charge in [0, 0.05) is 16.2 Å². The molecule has 1 amide bonds. The Morgan fingerprint density at radius 2 is 2.07 bits per heavy atom. The third kappa shape index (κ3) is 4.52. The minimum absolute atomic E-state index is 0.125. The zero-order valence-corrected chi connectivity index (χ0v) is 18.4. The minimum atomic E-state index is -0.285. The van der Waals surface area contributed by atoms with Gasteiger partial charge >= 0.3 is 0 Å². The Labute approximate surface area is 176 Å². The van der Waals surface area contributed by atoms with E-state index in [2.05, 4.69) is 47.6 Å². The van der Waals surface area contributed by atoms with Crippen LogP contribution in [0.5, 0.6) is 11.5 Å². The highest BCUT2D eigenvalue weighted by Gasteiger charge is 2.14. The van der Waals surface area contributed by atoms with Crippen LogP contribution in [0.2, 0.25) is 0 Å². The number of carbonyl (C=O) groups excluding carboxylic acids is 1. The summed E-state index contributed by atoms with van der Waals surface area (Å²) in [5.41, 5.74) is 4.70. The van der Waals surface area contributed by atoms with Gasteiger partial charge in [-0.25, -0.2) is 10.8 Å². The summed E-state index contributed by atoms with van der Waals surface area (Å²) in [5.74, 6) is 6.31. The van der Waals surface area contributed by atoms with E-state index in [1.54, 1.807) is 13.2 Å². The number of aromatic nitrogens is 1. The maximum absolute atomic E-state index is 12.3. The maximum Gasteiger partial charge on any atom is 0.262 e. The van der Waals surface area contributed by atoms with Gasteiger partial charge in [0.15, 0.2) is 11.7 Å². The third-order valence-electron chi connectivity index (χ3n) is 3.63. The first-order valence-electron chi connectivity index (χ1n) is 7.74. The molecule has 1 aromatic heterocycles. The molecule has 0 atom stereocenters. The number of amides is 1. The number of anilines is 2. The van der Waals surface area contributed by atoms with E-state index in [0.717, 1.165) is 19.2 Å². The van der Waals surface area contributed by atoms with Crippen molar-refractivity contribution in [1.29, 1.82) is 0 Å². The number of hydrogen-bond acceptors (Lipinski definition) is 7. The molecule has 0 radical (unpaired) electrons. The molecule has 0 aliphatic carbocycles. The summed E-state index contributed by atoms with van der Waals surface area (Å²) in [6.45, 7) is 1.79. The molecule has 142 valence electrons. The van der Waals surface area contributed by atoms with Crippen LogP contribution in [-0.2, 0) is 4.79 Å². The second-order valence-corrected chi connectivity index (χ2v) is 8.36. The van der Waals surface area contributed by atoms with Gasteiger partial charge in [0.25, 0.3) is 5.91 Å². The monoisotopic (exact) mass is 514 g/mol. The number of hydrogen-bond donors (Lipinski definition) is 3. The van der Waals surface area contributed by atoms with Crippen LogP contribution < -0.4 is 26.1 Å². The summed E-state index contributed by atoms with van der Waals surface area (Å²) in [5, 5.41) is 3.38. The van der Waals surface area contributed by atoms with Crippen LogP contribution in [0.1, 0.15) is 5.56 Å². The molecule has 0 saturated heterocycles. The number of nitrogens with one attached hydrogen (secondary N) is 2. The lowest BCUT2D eigenvalue weighted by atomic mass is 10.2. The molecule has 0 spiro atoms. The van der Waals surface area contributed by atoms with Crippen LogP contribution in [0.25, 0.3) is 10.2 Å². The molecule has 0 bridgehead atoms. The van der Waals surface area contributed by atoms with E-state index in [-0.39, 0.29) is 12.5 Å². The highest BCUT2D eigenvalue weighted by Crippen LogP contribution is 2.35. The number of nitrogens with two attached hydrogens (primary N) is 1. The number of ether oxygens (including phenoxy) is 2. The molecule has 27 heavy (non-hydrogen) atoms. The second-order valence-electron chi connectivity index (χ2n) is 5.56. The number of aryl methyl sites for hydroxylation is 1. The number of carbonyl (C=O) groups is 1. The molecule has 4 N–H and O–H groups in total. The summed E-state index contributed by atoms with van der Waals surface area (Å²) in [7, 11) is 1.55. The van der Waals surface area contributed by atoms with Gasteiger partial charge in [-0.2, -0.15) is 0 Å². The summed E-state index contributed by atoms with van der Waals surface area (Å²) in [6, 6.07) is 7.31. The van der Waals surface area contributed by atoms with Crippen LogP contribution in [0, 0.1) is 6.92 Å². The first-order chi connectivity index (χ1) is 12.9. The Hall–Kier alpha value is -1.88. The van der Waals surface area contributed by atoms with Crippen molar-refractivity contribution in [1.82, 2.24) is 4.98 Å². The SMILES string of the molecule is COc1cc(NC(=O)COc2c(C)cc(Br)cc2Br)cc2sc(NN)nc12. The van der Waals surface area contributed by atoms with E-state index < -0.39 is 0 Å². The Morgan fingerprint density at radius 1 is 1.30 bits per heavy atom. The lowest BCUT2D eigenvalue weighted by Crippen LogP contribution is -2.20. The van der Waals surface area contributed by atoms with Gasteiger partial charge in [-0.05, 0) is 46.6 Å². The highest BCUT2D eigenvalue weighted by atomic mass is 79.9. The van der Waals surface area contributed by atoms with Crippen molar-refractivity contribution in [3.8, 4) is 11.5 Å². The standard InChI is InChI=1S/C17H16Br2N4O3S/c1-8-3-9(18)4-11(19)16(8)26-7-14(24)21-10-5-12(25-2)15-13(6-10)27-17(22-15)23-20/h3-6H,7,20H2,1-2H3,(H,21,24)(H,22,23). The molecule has 0 aliphatic rings. The summed E-state index contributed by atoms with van der Waals surface area (Å²) in [6.07, 6.45) is 0. The molecular formula is C17H16Br2N4O3S. The van der Waals surface area contributed by atoms with Crippen LogP contribution >= 0.6 is 43.2 Å². The molecule has 3 rings (SSSR count). The van der Waals surface area contributed by atoms with Gasteiger partial charge < -0.3 is 14.8 Å². The second kappa shape index (κ2) is 8.42. The number of nitrogens with zero attached hydrogens (tertiary/aromatic N) is 1. The molecule has 0 unspecified atom stereocenters. The van der Waals surface area contributed by atoms with Crippen LogP contribution in [0.15, 0.2) is 33.2 Å². The van der Waals surface area contributed by atoms with Crippen molar-refractivity contribution in [3.63, 3.8) is 0 Å². The zero-order valence-electron chi connectivity index (χ0n) is 14.4.